The fourth-order valence-corrected chi connectivity index (χ4v) is 2.88. The molecule has 29 heavy (non-hydrogen) atoms. The molecule has 0 unspecified atom stereocenters. The molecule has 0 spiro atoms. The van der Waals surface area contributed by atoms with Gasteiger partial charge in [0.15, 0.2) is 17.5 Å². The summed E-state index contributed by atoms with van der Waals surface area (Å²) >= 11 is 0. The monoisotopic (exact) mass is 393 g/mol. The van der Waals surface area contributed by atoms with Crippen LogP contribution in [0.25, 0.3) is 11.3 Å². The van der Waals surface area contributed by atoms with Gasteiger partial charge in [-0.15, -0.1) is 0 Å². The molecule has 3 aromatic rings. The number of nitrogens with one attached hydrogen (secondary N) is 3. The molecule has 0 aliphatic rings. The quantitative estimate of drug-likeness (QED) is 0.404. The van der Waals surface area contributed by atoms with Crippen molar-refractivity contribution in [1.82, 2.24) is 20.6 Å². The maximum atomic E-state index is 5.36. The van der Waals surface area contributed by atoms with Crippen LogP contribution in [0.4, 0.5) is 0 Å². The molecule has 1 heterocycles. The average Bonchev–Trinajstić information content (AvgIpc) is 3.25. The third kappa shape index (κ3) is 5.51. The largest absolute Gasteiger partial charge is 0.493 e. The van der Waals surface area contributed by atoms with Crippen molar-refractivity contribution >= 4 is 5.96 Å². The number of aromatic amines is 1. The third-order valence-corrected chi connectivity index (χ3v) is 4.35. The molecule has 0 saturated carbocycles. The Kier molecular flexibility index (Phi) is 7.10. The molecule has 7 heteroatoms. The molecule has 3 N–H and O–H groups in total. The van der Waals surface area contributed by atoms with Crippen molar-refractivity contribution in [2.24, 2.45) is 4.99 Å². The van der Waals surface area contributed by atoms with Crippen molar-refractivity contribution in [2.75, 3.05) is 20.8 Å². The molecule has 0 aliphatic heterocycles. The summed E-state index contributed by atoms with van der Waals surface area (Å²) in [6.07, 6.45) is 1.85. The van der Waals surface area contributed by atoms with E-state index in [0.29, 0.717) is 24.6 Å². The second-order valence-electron chi connectivity index (χ2n) is 6.35. The van der Waals surface area contributed by atoms with Crippen LogP contribution < -0.4 is 20.1 Å². The second kappa shape index (κ2) is 10.2. The number of hydrogen-bond donors (Lipinski definition) is 3. The highest BCUT2D eigenvalue weighted by molar-refractivity contribution is 5.79. The molecule has 0 amide bonds. The Morgan fingerprint density at radius 3 is 2.55 bits per heavy atom. The standard InChI is InChI=1S/C22H27N5O2/c1-4-23-22(25-13-16-10-11-19(28-2)20(12-16)29-3)26-15-21-24-14-18(27-21)17-8-6-5-7-9-17/h5-12,14H,4,13,15H2,1-3H3,(H,24,27)(H2,23,25,26). The van der Waals surface area contributed by atoms with Gasteiger partial charge in [-0.25, -0.2) is 9.98 Å². The second-order valence-corrected chi connectivity index (χ2v) is 6.35. The van der Waals surface area contributed by atoms with Crippen molar-refractivity contribution in [3.05, 3.63) is 66.1 Å². The van der Waals surface area contributed by atoms with Crippen LogP contribution in [-0.4, -0.2) is 36.7 Å². The maximum absolute atomic E-state index is 5.36. The van der Waals surface area contributed by atoms with Gasteiger partial charge in [0.1, 0.15) is 5.82 Å². The average molecular weight is 393 g/mol. The van der Waals surface area contributed by atoms with Gasteiger partial charge in [-0.1, -0.05) is 36.4 Å². The van der Waals surface area contributed by atoms with E-state index in [-0.39, 0.29) is 0 Å². The Morgan fingerprint density at radius 2 is 1.83 bits per heavy atom. The summed E-state index contributed by atoms with van der Waals surface area (Å²) in [7, 11) is 3.25. The lowest BCUT2D eigenvalue weighted by atomic mass is 10.2. The third-order valence-electron chi connectivity index (χ3n) is 4.35. The summed E-state index contributed by atoms with van der Waals surface area (Å²) in [6.45, 7) is 3.87. The van der Waals surface area contributed by atoms with Gasteiger partial charge in [0.25, 0.3) is 0 Å². The Balaban J connectivity index is 1.63. The molecule has 0 aliphatic carbocycles. The van der Waals surface area contributed by atoms with Crippen molar-refractivity contribution in [3.63, 3.8) is 0 Å². The maximum Gasteiger partial charge on any atom is 0.191 e. The zero-order chi connectivity index (χ0) is 20.5. The smallest absolute Gasteiger partial charge is 0.191 e. The van der Waals surface area contributed by atoms with Crippen LogP contribution in [0.3, 0.4) is 0 Å². The van der Waals surface area contributed by atoms with Crippen LogP contribution in [0, 0.1) is 0 Å². The summed E-state index contributed by atoms with van der Waals surface area (Å²) < 4.78 is 10.6. The van der Waals surface area contributed by atoms with Crippen LogP contribution in [0.1, 0.15) is 18.3 Å². The molecular weight excluding hydrogens is 366 g/mol. The minimum Gasteiger partial charge on any atom is -0.493 e. The number of rotatable bonds is 8. The van der Waals surface area contributed by atoms with E-state index in [1.54, 1.807) is 14.2 Å². The van der Waals surface area contributed by atoms with Gasteiger partial charge < -0.3 is 25.1 Å². The topological polar surface area (TPSA) is 83.6 Å². The van der Waals surface area contributed by atoms with Crippen molar-refractivity contribution < 1.29 is 9.47 Å². The van der Waals surface area contributed by atoms with E-state index in [0.717, 1.165) is 35.1 Å². The highest BCUT2D eigenvalue weighted by atomic mass is 16.5. The molecule has 3 rings (SSSR count). The van der Waals surface area contributed by atoms with Crippen LogP contribution in [0.15, 0.2) is 59.7 Å². The summed E-state index contributed by atoms with van der Waals surface area (Å²) in [5.41, 5.74) is 3.14. The van der Waals surface area contributed by atoms with Crippen LogP contribution in [-0.2, 0) is 13.1 Å². The normalized spacial score (nSPS) is 11.2. The van der Waals surface area contributed by atoms with Crippen molar-refractivity contribution in [2.45, 2.75) is 20.0 Å². The number of guanidine groups is 1. The molecule has 1 aromatic heterocycles. The number of aromatic nitrogens is 2. The van der Waals surface area contributed by atoms with E-state index in [1.165, 1.54) is 0 Å². The van der Waals surface area contributed by atoms with Gasteiger partial charge in [-0.2, -0.15) is 0 Å². The lowest BCUT2D eigenvalue weighted by Gasteiger charge is -2.11. The van der Waals surface area contributed by atoms with E-state index in [4.69, 9.17) is 9.47 Å². The van der Waals surface area contributed by atoms with Crippen molar-refractivity contribution in [1.29, 1.82) is 0 Å². The molecule has 2 aromatic carbocycles. The number of methoxy groups -OCH3 is 2. The molecule has 7 nitrogen and oxygen atoms in total. The lowest BCUT2D eigenvalue weighted by Crippen LogP contribution is -2.37. The highest BCUT2D eigenvalue weighted by Crippen LogP contribution is 2.27. The predicted molar refractivity (Wildman–Crippen MR) is 115 cm³/mol. The summed E-state index contributed by atoms with van der Waals surface area (Å²) in [5.74, 6) is 2.97. The number of H-pyrrole nitrogens is 1. The van der Waals surface area contributed by atoms with E-state index in [1.807, 2.05) is 49.5 Å². The van der Waals surface area contributed by atoms with Crippen LogP contribution >= 0.6 is 0 Å². The number of imidazole rings is 1. The lowest BCUT2D eigenvalue weighted by molar-refractivity contribution is 0.354. The van der Waals surface area contributed by atoms with E-state index in [9.17, 15) is 0 Å². The summed E-state index contributed by atoms with van der Waals surface area (Å²) in [6, 6.07) is 15.9. The van der Waals surface area contributed by atoms with Gasteiger partial charge in [0, 0.05) is 6.54 Å². The first-order valence-electron chi connectivity index (χ1n) is 9.56. The van der Waals surface area contributed by atoms with Crippen LogP contribution in [0.2, 0.25) is 0 Å². The minimum absolute atomic E-state index is 0.517. The fraction of sp³-hybridized carbons (Fsp3) is 0.273. The molecule has 152 valence electrons. The highest BCUT2D eigenvalue weighted by Gasteiger charge is 2.06. The zero-order valence-electron chi connectivity index (χ0n) is 17.0. The number of nitrogens with zero attached hydrogens (tertiary/aromatic N) is 2. The Hall–Kier alpha value is -3.48. The zero-order valence-corrected chi connectivity index (χ0v) is 17.0. The first-order chi connectivity index (χ1) is 14.2. The van der Waals surface area contributed by atoms with E-state index < -0.39 is 0 Å². The van der Waals surface area contributed by atoms with Gasteiger partial charge in [-0.3, -0.25) is 0 Å². The first-order valence-corrected chi connectivity index (χ1v) is 9.56. The number of hydrogen-bond acceptors (Lipinski definition) is 4. The predicted octanol–water partition coefficient (Wildman–Crippen LogP) is 3.35. The van der Waals surface area contributed by atoms with Gasteiger partial charge >= 0.3 is 0 Å². The molecule has 0 bridgehead atoms. The van der Waals surface area contributed by atoms with E-state index in [2.05, 4.69) is 37.7 Å². The summed E-state index contributed by atoms with van der Waals surface area (Å²) in [5, 5.41) is 6.57. The molecule has 0 radical (unpaired) electrons. The van der Waals surface area contributed by atoms with Gasteiger partial charge in [0.2, 0.25) is 0 Å². The van der Waals surface area contributed by atoms with Gasteiger partial charge in [-0.05, 0) is 30.2 Å². The Morgan fingerprint density at radius 1 is 1.03 bits per heavy atom. The van der Waals surface area contributed by atoms with Crippen LogP contribution in [0.5, 0.6) is 11.5 Å². The van der Waals surface area contributed by atoms with Gasteiger partial charge in [0.05, 0.1) is 39.2 Å². The number of aliphatic imine (C=N–C) groups is 1. The summed E-state index contributed by atoms with van der Waals surface area (Å²) in [4.78, 5) is 12.4. The van der Waals surface area contributed by atoms with E-state index >= 15 is 0 Å². The Labute approximate surface area is 171 Å². The Bertz CT molecular complexity index is 937. The number of benzene rings is 2. The molecule has 0 fully saturated rings. The SMILES string of the molecule is CCNC(=NCc1ccc(OC)c(OC)c1)NCc1ncc(-c2ccccc2)[nH]1. The molecular formula is C22H27N5O2. The first kappa shape index (κ1) is 20.3. The minimum atomic E-state index is 0.517. The fourth-order valence-electron chi connectivity index (χ4n) is 2.88. The van der Waals surface area contributed by atoms with Crippen molar-refractivity contribution in [3.8, 4) is 22.8 Å². The molecule has 0 saturated heterocycles. The number of ether oxygens (including phenoxy) is 2. The molecule has 0 atom stereocenters.